The largest absolute Gasteiger partial charge is 0.377 e. The van der Waals surface area contributed by atoms with Crippen LogP contribution in [0.1, 0.15) is 38.6 Å². The van der Waals surface area contributed by atoms with Gasteiger partial charge < -0.3 is 10.1 Å². The Kier molecular flexibility index (Phi) is 6.36. The molecule has 0 aliphatic heterocycles. The SMILES string of the molecule is CCCc1nc(Cl)c(C)c(NCC(C)OCC)n1. The molecule has 4 nitrogen and oxygen atoms in total. The van der Waals surface area contributed by atoms with Crippen molar-refractivity contribution >= 4 is 17.4 Å². The Morgan fingerprint density at radius 2 is 2.06 bits per heavy atom. The number of hydrogen-bond donors (Lipinski definition) is 1. The van der Waals surface area contributed by atoms with Crippen molar-refractivity contribution in [2.75, 3.05) is 18.5 Å². The summed E-state index contributed by atoms with van der Waals surface area (Å²) in [6.07, 6.45) is 2.00. The first-order valence-electron chi connectivity index (χ1n) is 6.46. The minimum atomic E-state index is 0.151. The second-order valence-electron chi connectivity index (χ2n) is 4.30. The van der Waals surface area contributed by atoms with Gasteiger partial charge in [0.2, 0.25) is 0 Å². The van der Waals surface area contributed by atoms with Crippen LogP contribution in [-0.2, 0) is 11.2 Å². The summed E-state index contributed by atoms with van der Waals surface area (Å²) < 4.78 is 5.47. The van der Waals surface area contributed by atoms with Gasteiger partial charge in [-0.2, -0.15) is 0 Å². The van der Waals surface area contributed by atoms with Crippen LogP contribution in [0.4, 0.5) is 5.82 Å². The Morgan fingerprint density at radius 1 is 1.33 bits per heavy atom. The molecule has 1 aromatic rings. The third-order valence-corrected chi connectivity index (χ3v) is 2.98. The first kappa shape index (κ1) is 15.2. The molecule has 0 aliphatic rings. The number of halogens is 1. The van der Waals surface area contributed by atoms with E-state index in [4.69, 9.17) is 16.3 Å². The van der Waals surface area contributed by atoms with Gasteiger partial charge in [-0.3, -0.25) is 0 Å². The highest BCUT2D eigenvalue weighted by molar-refractivity contribution is 6.30. The number of nitrogens with one attached hydrogen (secondary N) is 1. The zero-order valence-corrected chi connectivity index (χ0v) is 12.3. The lowest BCUT2D eigenvalue weighted by Gasteiger charge is -2.15. The van der Waals surface area contributed by atoms with Crippen molar-refractivity contribution in [3.63, 3.8) is 0 Å². The minimum absolute atomic E-state index is 0.151. The number of hydrogen-bond acceptors (Lipinski definition) is 4. The van der Waals surface area contributed by atoms with Crippen molar-refractivity contribution in [1.29, 1.82) is 0 Å². The van der Waals surface area contributed by atoms with Crippen molar-refractivity contribution in [2.45, 2.75) is 46.6 Å². The molecular weight excluding hydrogens is 250 g/mol. The normalized spacial score (nSPS) is 12.5. The van der Waals surface area contributed by atoms with Gasteiger partial charge in [0.1, 0.15) is 16.8 Å². The van der Waals surface area contributed by atoms with E-state index in [9.17, 15) is 0 Å². The van der Waals surface area contributed by atoms with Gasteiger partial charge >= 0.3 is 0 Å². The van der Waals surface area contributed by atoms with Gasteiger partial charge in [-0.1, -0.05) is 18.5 Å². The molecule has 18 heavy (non-hydrogen) atoms. The smallest absolute Gasteiger partial charge is 0.137 e. The van der Waals surface area contributed by atoms with E-state index in [2.05, 4.69) is 22.2 Å². The molecule has 1 atom stereocenters. The van der Waals surface area contributed by atoms with E-state index in [1.165, 1.54) is 0 Å². The van der Waals surface area contributed by atoms with Crippen LogP contribution in [0.3, 0.4) is 0 Å². The van der Waals surface area contributed by atoms with Crippen molar-refractivity contribution in [2.24, 2.45) is 0 Å². The summed E-state index contributed by atoms with van der Waals surface area (Å²) in [5.74, 6) is 1.60. The number of nitrogens with zero attached hydrogens (tertiary/aromatic N) is 2. The monoisotopic (exact) mass is 271 g/mol. The van der Waals surface area contributed by atoms with Gasteiger partial charge in [-0.25, -0.2) is 9.97 Å². The van der Waals surface area contributed by atoms with Crippen molar-refractivity contribution in [1.82, 2.24) is 9.97 Å². The molecule has 1 heterocycles. The quantitative estimate of drug-likeness (QED) is 0.774. The summed E-state index contributed by atoms with van der Waals surface area (Å²) >= 11 is 6.11. The molecule has 1 rings (SSSR count). The number of ether oxygens (including phenoxy) is 1. The summed E-state index contributed by atoms with van der Waals surface area (Å²) in [6.45, 7) is 9.47. The molecule has 1 unspecified atom stereocenters. The molecule has 0 aromatic carbocycles. The predicted octanol–water partition coefficient (Wildman–Crippen LogP) is 3.23. The van der Waals surface area contributed by atoms with Crippen LogP contribution in [-0.4, -0.2) is 29.2 Å². The Labute approximate surface area is 114 Å². The predicted molar refractivity (Wildman–Crippen MR) is 75.4 cm³/mol. The molecule has 0 bridgehead atoms. The highest BCUT2D eigenvalue weighted by Gasteiger charge is 2.10. The first-order valence-corrected chi connectivity index (χ1v) is 6.84. The average Bonchev–Trinajstić information content (AvgIpc) is 2.32. The Hall–Kier alpha value is -0.870. The third-order valence-electron chi connectivity index (χ3n) is 2.61. The fourth-order valence-corrected chi connectivity index (χ4v) is 1.81. The maximum absolute atomic E-state index is 6.11. The van der Waals surface area contributed by atoms with Crippen molar-refractivity contribution < 1.29 is 4.74 Å². The van der Waals surface area contributed by atoms with E-state index in [-0.39, 0.29) is 6.10 Å². The van der Waals surface area contributed by atoms with Crippen LogP contribution >= 0.6 is 11.6 Å². The number of anilines is 1. The number of aromatic nitrogens is 2. The van der Waals surface area contributed by atoms with Gasteiger partial charge in [0, 0.05) is 25.1 Å². The van der Waals surface area contributed by atoms with E-state index in [1.807, 2.05) is 20.8 Å². The highest BCUT2D eigenvalue weighted by atomic mass is 35.5. The number of aryl methyl sites for hydroxylation is 1. The minimum Gasteiger partial charge on any atom is -0.377 e. The van der Waals surface area contributed by atoms with E-state index >= 15 is 0 Å². The van der Waals surface area contributed by atoms with Crippen LogP contribution in [0.2, 0.25) is 5.15 Å². The summed E-state index contributed by atoms with van der Waals surface area (Å²) in [5.41, 5.74) is 0.889. The number of rotatable bonds is 7. The van der Waals surface area contributed by atoms with Gasteiger partial charge in [-0.05, 0) is 27.2 Å². The molecule has 0 radical (unpaired) electrons. The van der Waals surface area contributed by atoms with Gasteiger partial charge in [-0.15, -0.1) is 0 Å². The fourth-order valence-electron chi connectivity index (χ4n) is 1.62. The maximum Gasteiger partial charge on any atom is 0.137 e. The van der Waals surface area contributed by atoms with Crippen LogP contribution < -0.4 is 5.32 Å². The van der Waals surface area contributed by atoms with Crippen LogP contribution in [0.25, 0.3) is 0 Å². The Balaban J connectivity index is 2.74. The van der Waals surface area contributed by atoms with Gasteiger partial charge in [0.05, 0.1) is 6.10 Å². The first-order chi connectivity index (χ1) is 8.58. The topological polar surface area (TPSA) is 47.0 Å². The van der Waals surface area contributed by atoms with Crippen LogP contribution in [0.15, 0.2) is 0 Å². The molecule has 1 aromatic heterocycles. The Morgan fingerprint density at radius 3 is 2.67 bits per heavy atom. The van der Waals surface area contributed by atoms with Gasteiger partial charge in [0.25, 0.3) is 0 Å². The van der Waals surface area contributed by atoms with E-state index in [0.717, 1.165) is 30.0 Å². The molecule has 0 aliphatic carbocycles. The zero-order chi connectivity index (χ0) is 13.5. The molecule has 102 valence electrons. The lowest BCUT2D eigenvalue weighted by Crippen LogP contribution is -2.21. The molecular formula is C13H22ClN3O. The lowest BCUT2D eigenvalue weighted by molar-refractivity contribution is 0.0854. The zero-order valence-electron chi connectivity index (χ0n) is 11.6. The highest BCUT2D eigenvalue weighted by Crippen LogP contribution is 2.20. The molecule has 5 heteroatoms. The molecule has 0 spiro atoms. The summed E-state index contributed by atoms with van der Waals surface area (Å²) in [4.78, 5) is 8.76. The van der Waals surface area contributed by atoms with Crippen molar-refractivity contribution in [3.8, 4) is 0 Å². The van der Waals surface area contributed by atoms with E-state index < -0.39 is 0 Å². The van der Waals surface area contributed by atoms with E-state index in [0.29, 0.717) is 18.3 Å². The van der Waals surface area contributed by atoms with Crippen LogP contribution in [0, 0.1) is 6.92 Å². The lowest BCUT2D eigenvalue weighted by atomic mass is 10.3. The summed E-state index contributed by atoms with van der Waals surface area (Å²) in [6, 6.07) is 0. The average molecular weight is 272 g/mol. The Bertz CT molecular complexity index is 385. The second-order valence-corrected chi connectivity index (χ2v) is 4.66. The summed E-state index contributed by atoms with van der Waals surface area (Å²) in [5, 5.41) is 3.80. The standard InChI is InChI=1S/C13H22ClN3O/c1-5-7-11-16-12(14)10(4)13(17-11)15-8-9(3)18-6-2/h9H,5-8H2,1-4H3,(H,15,16,17). The van der Waals surface area contributed by atoms with E-state index in [1.54, 1.807) is 0 Å². The molecule has 0 saturated heterocycles. The molecule has 0 fully saturated rings. The molecule has 0 amide bonds. The summed E-state index contributed by atoms with van der Waals surface area (Å²) in [7, 11) is 0. The maximum atomic E-state index is 6.11. The third kappa shape index (κ3) is 4.42. The second kappa shape index (κ2) is 7.54. The van der Waals surface area contributed by atoms with Crippen molar-refractivity contribution in [3.05, 3.63) is 16.5 Å². The fraction of sp³-hybridized carbons (Fsp3) is 0.692. The van der Waals surface area contributed by atoms with Crippen LogP contribution in [0.5, 0.6) is 0 Å². The van der Waals surface area contributed by atoms with Gasteiger partial charge in [0.15, 0.2) is 0 Å². The molecule has 0 saturated carbocycles. The molecule has 1 N–H and O–H groups in total.